The summed E-state index contributed by atoms with van der Waals surface area (Å²) in [6, 6.07) is 13.6. The molecule has 25 heavy (non-hydrogen) atoms. The molecule has 9 heteroatoms. The van der Waals surface area contributed by atoms with E-state index in [1.54, 1.807) is 47.4 Å². The Bertz CT molecular complexity index is 944. The number of carbonyl (C=O) groups is 1. The minimum absolute atomic E-state index is 0.195. The molecular weight excluding hydrogens is 368 g/mol. The normalized spacial score (nSPS) is 15.8. The number of carbonyl (C=O) groups excluding carboxylic acids is 1. The van der Waals surface area contributed by atoms with Gasteiger partial charge < -0.3 is 4.90 Å². The summed E-state index contributed by atoms with van der Waals surface area (Å²) in [5.74, 6) is -0.195. The van der Waals surface area contributed by atoms with Crippen LogP contribution in [0.1, 0.15) is 22.3 Å². The smallest absolute Gasteiger partial charge is 0.307 e. The molecule has 7 nitrogen and oxygen atoms in total. The van der Waals surface area contributed by atoms with Crippen molar-refractivity contribution in [1.29, 1.82) is 0 Å². The van der Waals surface area contributed by atoms with Crippen LogP contribution in [0.3, 0.4) is 0 Å². The van der Waals surface area contributed by atoms with E-state index in [2.05, 4.69) is 9.44 Å². The number of oxime groups is 1. The van der Waals surface area contributed by atoms with Crippen LogP contribution in [0.25, 0.3) is 0 Å². The zero-order valence-electron chi connectivity index (χ0n) is 12.8. The largest absolute Gasteiger partial charge is 0.466 e. The van der Waals surface area contributed by atoms with Gasteiger partial charge in [-0.15, -0.1) is 0 Å². The SMILES string of the molecule is O=C(c1ccccc1)N1CC/C(=N/OS(=O)(=O)O)c2cc(Cl)ccc21. The van der Waals surface area contributed by atoms with Crippen LogP contribution >= 0.6 is 11.6 Å². The third-order valence-electron chi connectivity index (χ3n) is 3.64. The van der Waals surface area contributed by atoms with Crippen molar-refractivity contribution in [3.63, 3.8) is 0 Å². The Hall–Kier alpha value is -2.42. The van der Waals surface area contributed by atoms with E-state index in [-0.39, 0.29) is 24.6 Å². The minimum Gasteiger partial charge on any atom is -0.307 e. The van der Waals surface area contributed by atoms with Crippen LogP contribution in [-0.2, 0) is 14.7 Å². The maximum absolute atomic E-state index is 12.8. The van der Waals surface area contributed by atoms with E-state index in [9.17, 15) is 13.2 Å². The van der Waals surface area contributed by atoms with Gasteiger partial charge in [-0.2, -0.15) is 8.42 Å². The molecule has 0 atom stereocenters. The molecule has 0 radical (unpaired) electrons. The van der Waals surface area contributed by atoms with Crippen LogP contribution in [-0.4, -0.2) is 31.1 Å². The molecule has 1 heterocycles. The summed E-state index contributed by atoms with van der Waals surface area (Å²) in [5, 5.41) is 3.88. The monoisotopic (exact) mass is 380 g/mol. The molecule has 0 saturated heterocycles. The Balaban J connectivity index is 2.01. The standard InChI is InChI=1S/C16H13ClN2O5S/c17-12-6-7-15-13(10-12)14(18-24-25(21,22)23)8-9-19(15)16(20)11-4-2-1-3-5-11/h1-7,10H,8-9H2,(H,21,22,23)/b18-14-. The zero-order chi connectivity index (χ0) is 18.0. The second kappa shape index (κ2) is 6.83. The summed E-state index contributed by atoms with van der Waals surface area (Å²) in [6.07, 6.45) is 0.238. The summed E-state index contributed by atoms with van der Waals surface area (Å²) >= 11 is 6.01. The Morgan fingerprint density at radius 3 is 2.60 bits per heavy atom. The number of amides is 1. The highest BCUT2D eigenvalue weighted by molar-refractivity contribution is 7.80. The fraction of sp³-hybridized carbons (Fsp3) is 0.125. The van der Waals surface area contributed by atoms with Crippen LogP contribution in [0.15, 0.2) is 53.7 Å². The Kier molecular flexibility index (Phi) is 4.76. The predicted molar refractivity (Wildman–Crippen MR) is 93.4 cm³/mol. The maximum atomic E-state index is 12.8. The molecule has 2 aromatic carbocycles. The quantitative estimate of drug-likeness (QED) is 0.652. The fourth-order valence-electron chi connectivity index (χ4n) is 2.58. The third-order valence-corrected chi connectivity index (χ3v) is 4.14. The lowest BCUT2D eigenvalue weighted by Gasteiger charge is -2.30. The van der Waals surface area contributed by atoms with Gasteiger partial charge in [0.1, 0.15) is 0 Å². The predicted octanol–water partition coefficient (Wildman–Crippen LogP) is 2.91. The lowest BCUT2D eigenvalue weighted by molar-refractivity contribution is 0.0987. The highest BCUT2D eigenvalue weighted by Crippen LogP contribution is 2.31. The molecule has 1 N–H and O–H groups in total. The Labute approximate surface area is 149 Å². The first-order valence-corrected chi connectivity index (χ1v) is 8.99. The molecule has 0 spiro atoms. The topological polar surface area (TPSA) is 96.3 Å². The molecular formula is C16H13ClN2O5S. The van der Waals surface area contributed by atoms with E-state index in [0.29, 0.717) is 21.8 Å². The third kappa shape index (κ3) is 3.98. The number of rotatable bonds is 3. The van der Waals surface area contributed by atoms with Crippen molar-refractivity contribution in [2.45, 2.75) is 6.42 Å². The number of nitrogens with zero attached hydrogens (tertiary/aromatic N) is 2. The zero-order valence-corrected chi connectivity index (χ0v) is 14.4. The summed E-state index contributed by atoms with van der Waals surface area (Å²) in [4.78, 5) is 14.3. The molecule has 0 bridgehead atoms. The van der Waals surface area contributed by atoms with E-state index in [1.807, 2.05) is 6.07 Å². The van der Waals surface area contributed by atoms with Crippen LogP contribution in [0.4, 0.5) is 5.69 Å². The van der Waals surface area contributed by atoms with Gasteiger partial charge in [-0.05, 0) is 30.3 Å². The Morgan fingerprint density at radius 1 is 1.20 bits per heavy atom. The molecule has 2 aromatic rings. The first-order valence-electron chi connectivity index (χ1n) is 7.25. The molecule has 130 valence electrons. The van der Waals surface area contributed by atoms with E-state index in [4.69, 9.17) is 16.2 Å². The summed E-state index contributed by atoms with van der Waals surface area (Å²) in [7, 11) is -4.71. The van der Waals surface area contributed by atoms with Crippen molar-refractivity contribution >= 4 is 39.3 Å². The van der Waals surface area contributed by atoms with E-state index >= 15 is 0 Å². The van der Waals surface area contributed by atoms with Gasteiger partial charge >= 0.3 is 10.4 Å². The lowest BCUT2D eigenvalue weighted by Crippen LogP contribution is -2.37. The van der Waals surface area contributed by atoms with Gasteiger partial charge in [0.25, 0.3) is 5.91 Å². The van der Waals surface area contributed by atoms with Gasteiger partial charge in [-0.25, -0.2) is 4.28 Å². The number of halogens is 1. The first-order chi connectivity index (χ1) is 11.8. The lowest BCUT2D eigenvalue weighted by atomic mass is 9.98. The maximum Gasteiger partial charge on any atom is 0.466 e. The van der Waals surface area contributed by atoms with Crippen LogP contribution < -0.4 is 4.90 Å². The highest BCUT2D eigenvalue weighted by Gasteiger charge is 2.28. The van der Waals surface area contributed by atoms with Gasteiger partial charge in [0.2, 0.25) is 0 Å². The summed E-state index contributed by atoms with van der Waals surface area (Å²) < 4.78 is 34.3. The van der Waals surface area contributed by atoms with Crippen molar-refractivity contribution in [1.82, 2.24) is 0 Å². The van der Waals surface area contributed by atoms with Crippen molar-refractivity contribution in [3.8, 4) is 0 Å². The van der Waals surface area contributed by atoms with Crippen LogP contribution in [0, 0.1) is 0 Å². The van der Waals surface area contributed by atoms with Gasteiger partial charge in [0.15, 0.2) is 0 Å². The molecule has 0 unspecified atom stereocenters. The van der Waals surface area contributed by atoms with Crippen molar-refractivity contribution in [2.24, 2.45) is 5.16 Å². The highest BCUT2D eigenvalue weighted by atomic mass is 35.5. The fourth-order valence-corrected chi connectivity index (χ4v) is 2.94. The first kappa shape index (κ1) is 17.4. The Morgan fingerprint density at radius 2 is 1.92 bits per heavy atom. The molecule has 1 amide bonds. The van der Waals surface area contributed by atoms with Crippen LogP contribution in [0.5, 0.6) is 0 Å². The molecule has 0 fully saturated rings. The average molecular weight is 381 g/mol. The van der Waals surface area contributed by atoms with Crippen molar-refractivity contribution in [3.05, 3.63) is 64.7 Å². The minimum atomic E-state index is -4.71. The molecule has 0 aliphatic carbocycles. The molecule has 1 aliphatic rings. The van der Waals surface area contributed by atoms with Crippen LogP contribution in [0.2, 0.25) is 5.02 Å². The van der Waals surface area contributed by atoms with Crippen molar-refractivity contribution < 1.29 is 22.0 Å². The molecule has 0 aromatic heterocycles. The molecule has 0 saturated carbocycles. The van der Waals surface area contributed by atoms with Gasteiger partial charge in [-0.1, -0.05) is 35.0 Å². The number of hydrogen-bond acceptors (Lipinski definition) is 5. The molecule has 1 aliphatic heterocycles. The number of anilines is 1. The van der Waals surface area contributed by atoms with E-state index in [0.717, 1.165) is 0 Å². The summed E-state index contributed by atoms with van der Waals surface area (Å²) in [5.41, 5.74) is 1.79. The summed E-state index contributed by atoms with van der Waals surface area (Å²) in [6.45, 7) is 0.274. The van der Waals surface area contributed by atoms with Gasteiger partial charge in [-0.3, -0.25) is 9.35 Å². The van der Waals surface area contributed by atoms with Gasteiger partial charge in [0.05, 0.1) is 11.4 Å². The second-order valence-corrected chi connectivity index (χ2v) is 6.72. The number of hydrogen-bond donors (Lipinski definition) is 1. The van der Waals surface area contributed by atoms with E-state index < -0.39 is 10.4 Å². The second-order valence-electron chi connectivity index (χ2n) is 5.27. The number of benzene rings is 2. The van der Waals surface area contributed by atoms with Gasteiger partial charge in [0, 0.05) is 29.1 Å². The molecule has 3 rings (SSSR count). The van der Waals surface area contributed by atoms with E-state index in [1.165, 1.54) is 0 Å². The van der Waals surface area contributed by atoms with Crippen molar-refractivity contribution in [2.75, 3.05) is 11.4 Å². The average Bonchev–Trinajstić information content (AvgIpc) is 2.59. The number of fused-ring (bicyclic) bond motifs is 1.